The first-order valence-corrected chi connectivity index (χ1v) is 16.1. The molecule has 13 heteroatoms. The molecule has 4 rings (SSSR count). The van der Waals surface area contributed by atoms with Crippen LogP contribution in [0.3, 0.4) is 0 Å². The van der Waals surface area contributed by atoms with Gasteiger partial charge in [-0.25, -0.2) is 18.7 Å². The number of carbonyl (C=O) groups is 1. The molecule has 0 fully saturated rings. The zero-order chi connectivity index (χ0) is 29.3. The van der Waals surface area contributed by atoms with Gasteiger partial charge in [-0.05, 0) is 55.7 Å². The number of hydrogen-bond acceptors (Lipinski definition) is 8. The SMILES string of the molecule is CCOC(=O)c1cnn2ccc(NC(C)c3cc(F)cc4c3OC(CN=[N+]=[N-])(CO[Si](C)(C)C(C)(C)C)C4)nc12. The van der Waals surface area contributed by atoms with E-state index in [-0.39, 0.29) is 30.4 Å². The number of hydrogen-bond donors (Lipinski definition) is 1. The van der Waals surface area contributed by atoms with Gasteiger partial charge in [-0.15, -0.1) is 0 Å². The molecule has 1 aliphatic rings. The van der Waals surface area contributed by atoms with E-state index in [2.05, 4.69) is 59.3 Å². The lowest BCUT2D eigenvalue weighted by molar-refractivity contribution is 0.0401. The monoisotopic (exact) mass is 569 g/mol. The van der Waals surface area contributed by atoms with E-state index >= 15 is 0 Å². The predicted molar refractivity (Wildman–Crippen MR) is 152 cm³/mol. The Kier molecular flexibility index (Phi) is 8.11. The molecule has 0 aliphatic carbocycles. The Bertz CT molecular complexity index is 1470. The van der Waals surface area contributed by atoms with Gasteiger partial charge in [-0.1, -0.05) is 25.9 Å². The fraction of sp³-hybridized carbons (Fsp3) is 0.519. The van der Waals surface area contributed by atoms with Crippen LogP contribution in [0.2, 0.25) is 18.1 Å². The Labute approximate surface area is 233 Å². The number of azide groups is 1. The molecule has 1 aliphatic heterocycles. The van der Waals surface area contributed by atoms with Gasteiger partial charge in [0.15, 0.2) is 14.0 Å². The standard InChI is InChI=1S/C27H36FN7O4Si/c1-8-37-25(36)21-14-31-35-10-9-22(33-24(21)35)32-17(2)20-12-19(28)11-18-13-27(15-30-34-29,39-23(18)20)16-38-40(6,7)26(3,4)5/h9-12,14,17H,8,13,15-16H2,1-7H3,(H,32,33). The summed E-state index contributed by atoms with van der Waals surface area (Å²) in [5.41, 5.74) is 9.98. The van der Waals surface area contributed by atoms with Gasteiger partial charge in [0.25, 0.3) is 0 Å². The number of anilines is 1. The third-order valence-electron chi connectivity index (χ3n) is 7.61. The van der Waals surface area contributed by atoms with Crippen molar-refractivity contribution in [3.05, 3.63) is 63.5 Å². The summed E-state index contributed by atoms with van der Waals surface area (Å²) in [7, 11) is -2.14. The summed E-state index contributed by atoms with van der Waals surface area (Å²) in [5.74, 6) is 0.0807. The normalized spacial score (nSPS) is 17.6. The zero-order valence-corrected chi connectivity index (χ0v) is 25.0. The van der Waals surface area contributed by atoms with Crippen LogP contribution in [0.5, 0.6) is 5.75 Å². The molecule has 0 spiro atoms. The second kappa shape index (κ2) is 11.1. The molecule has 0 saturated carbocycles. The Morgan fingerprint density at radius 3 is 2.83 bits per heavy atom. The molecule has 214 valence electrons. The van der Waals surface area contributed by atoms with E-state index in [4.69, 9.17) is 19.4 Å². The van der Waals surface area contributed by atoms with Crippen LogP contribution in [0.4, 0.5) is 10.2 Å². The van der Waals surface area contributed by atoms with Crippen molar-refractivity contribution in [3.63, 3.8) is 0 Å². The topological polar surface area (TPSA) is 136 Å². The van der Waals surface area contributed by atoms with E-state index in [0.717, 1.165) is 0 Å². The Morgan fingerprint density at radius 1 is 1.40 bits per heavy atom. The first-order chi connectivity index (χ1) is 18.8. The molecule has 0 saturated heterocycles. The third-order valence-corrected chi connectivity index (χ3v) is 12.1. The predicted octanol–water partition coefficient (Wildman–Crippen LogP) is 6.22. The van der Waals surface area contributed by atoms with Gasteiger partial charge in [0, 0.05) is 28.7 Å². The molecule has 2 unspecified atom stereocenters. The highest BCUT2D eigenvalue weighted by molar-refractivity contribution is 6.74. The minimum absolute atomic E-state index is 0.0232. The Hall–Kier alpha value is -3.67. The van der Waals surface area contributed by atoms with Crippen molar-refractivity contribution in [2.45, 2.75) is 70.8 Å². The maximum Gasteiger partial charge on any atom is 0.343 e. The van der Waals surface area contributed by atoms with Crippen molar-refractivity contribution in [2.24, 2.45) is 5.11 Å². The van der Waals surface area contributed by atoms with Crippen LogP contribution in [0.15, 0.2) is 35.7 Å². The number of fused-ring (bicyclic) bond motifs is 2. The fourth-order valence-electron chi connectivity index (χ4n) is 4.36. The number of halogens is 1. The third kappa shape index (κ3) is 5.91. The van der Waals surface area contributed by atoms with Gasteiger partial charge in [-0.2, -0.15) is 5.10 Å². The van der Waals surface area contributed by atoms with Gasteiger partial charge in [0.05, 0.1) is 32.0 Å². The van der Waals surface area contributed by atoms with E-state index in [1.54, 1.807) is 19.2 Å². The van der Waals surface area contributed by atoms with Crippen molar-refractivity contribution in [1.29, 1.82) is 0 Å². The number of carbonyl (C=O) groups excluding carboxylic acids is 1. The summed E-state index contributed by atoms with van der Waals surface area (Å²) in [4.78, 5) is 19.8. The number of nitrogens with one attached hydrogen (secondary N) is 1. The van der Waals surface area contributed by atoms with Crippen molar-refractivity contribution in [1.82, 2.24) is 14.6 Å². The van der Waals surface area contributed by atoms with Gasteiger partial charge in [-0.3, -0.25) is 0 Å². The average molecular weight is 570 g/mol. The number of rotatable bonds is 10. The molecule has 0 amide bonds. The number of aromatic nitrogens is 3. The van der Waals surface area contributed by atoms with Crippen LogP contribution in [-0.2, 0) is 15.6 Å². The van der Waals surface area contributed by atoms with Crippen LogP contribution < -0.4 is 10.1 Å². The highest BCUT2D eigenvalue weighted by Crippen LogP contribution is 2.44. The van der Waals surface area contributed by atoms with Crippen molar-refractivity contribution in [3.8, 4) is 5.75 Å². The minimum atomic E-state index is -2.14. The summed E-state index contributed by atoms with van der Waals surface area (Å²) < 4.78 is 34.5. The molecule has 1 aromatic carbocycles. The smallest absolute Gasteiger partial charge is 0.343 e. The highest BCUT2D eigenvalue weighted by Gasteiger charge is 2.45. The van der Waals surface area contributed by atoms with Crippen LogP contribution in [-0.4, -0.2) is 54.2 Å². The van der Waals surface area contributed by atoms with Crippen LogP contribution in [0, 0.1) is 5.82 Å². The van der Waals surface area contributed by atoms with E-state index in [9.17, 15) is 9.18 Å². The van der Waals surface area contributed by atoms with Crippen LogP contribution in [0.25, 0.3) is 16.1 Å². The fourth-order valence-corrected chi connectivity index (χ4v) is 5.41. The second-order valence-electron chi connectivity index (χ2n) is 11.6. The van der Waals surface area contributed by atoms with E-state index in [1.165, 1.54) is 22.8 Å². The molecular formula is C27H36FN7O4Si. The summed E-state index contributed by atoms with van der Waals surface area (Å²) >= 11 is 0. The molecule has 11 nitrogen and oxygen atoms in total. The Balaban J connectivity index is 1.62. The molecule has 2 aromatic heterocycles. The van der Waals surface area contributed by atoms with Crippen molar-refractivity contribution in [2.75, 3.05) is 25.1 Å². The first kappa shape index (κ1) is 29.3. The lowest BCUT2D eigenvalue weighted by Crippen LogP contribution is -2.49. The van der Waals surface area contributed by atoms with Crippen molar-refractivity contribution >= 4 is 25.8 Å². The van der Waals surface area contributed by atoms with Crippen LogP contribution >= 0.6 is 0 Å². The molecule has 40 heavy (non-hydrogen) atoms. The summed E-state index contributed by atoms with van der Waals surface area (Å²) in [6, 6.07) is 4.17. The summed E-state index contributed by atoms with van der Waals surface area (Å²) in [6.45, 7) is 14.8. The first-order valence-electron chi connectivity index (χ1n) is 13.2. The lowest BCUT2D eigenvalue weighted by atomic mass is 9.96. The number of ether oxygens (including phenoxy) is 2. The highest BCUT2D eigenvalue weighted by atomic mass is 28.4. The van der Waals surface area contributed by atoms with Gasteiger partial charge >= 0.3 is 5.97 Å². The summed E-state index contributed by atoms with van der Waals surface area (Å²) in [6.07, 6.45) is 3.43. The summed E-state index contributed by atoms with van der Waals surface area (Å²) in [5, 5.41) is 11.2. The number of benzene rings is 1. The van der Waals surface area contributed by atoms with Crippen molar-refractivity contribution < 1.29 is 23.1 Å². The molecule has 3 heterocycles. The molecule has 1 N–H and O–H groups in total. The van der Waals surface area contributed by atoms with Gasteiger partial charge in [0.2, 0.25) is 0 Å². The quantitative estimate of drug-likeness (QED) is 0.101. The van der Waals surface area contributed by atoms with E-state index in [0.29, 0.717) is 34.8 Å². The number of esters is 1. The zero-order valence-electron chi connectivity index (χ0n) is 24.0. The molecule has 0 radical (unpaired) electrons. The Morgan fingerprint density at radius 2 is 2.15 bits per heavy atom. The van der Waals surface area contributed by atoms with E-state index in [1.807, 2.05) is 6.92 Å². The van der Waals surface area contributed by atoms with Crippen LogP contribution in [0.1, 0.15) is 62.1 Å². The number of nitrogens with zero attached hydrogens (tertiary/aromatic N) is 6. The molecular weight excluding hydrogens is 533 g/mol. The van der Waals surface area contributed by atoms with Gasteiger partial charge < -0.3 is 19.2 Å². The maximum atomic E-state index is 14.9. The van der Waals surface area contributed by atoms with Gasteiger partial charge in [0.1, 0.15) is 28.5 Å². The molecule has 3 aromatic rings. The molecule has 2 atom stereocenters. The lowest BCUT2D eigenvalue weighted by Gasteiger charge is -2.39. The average Bonchev–Trinajstić information content (AvgIpc) is 3.47. The largest absolute Gasteiger partial charge is 0.484 e. The molecule has 0 bridgehead atoms. The maximum absolute atomic E-state index is 14.9. The second-order valence-corrected chi connectivity index (χ2v) is 16.4. The minimum Gasteiger partial charge on any atom is -0.484 e. The van der Waals surface area contributed by atoms with E-state index < -0.39 is 31.7 Å².